The minimum Gasteiger partial charge on any atom is -0.195 e. The predicted molar refractivity (Wildman–Crippen MR) is 54.3 cm³/mol. The fraction of sp³-hybridized carbons (Fsp3) is 0. The number of rotatable bonds is 0. The first-order valence-electron chi connectivity index (χ1n) is 2.78. The number of halogens is 2. The summed E-state index contributed by atoms with van der Waals surface area (Å²) in [4.78, 5) is 1.02. The summed E-state index contributed by atoms with van der Waals surface area (Å²) in [6, 6.07) is 9.79. The van der Waals surface area contributed by atoms with Crippen molar-refractivity contribution in [2.45, 2.75) is 4.90 Å². The van der Waals surface area contributed by atoms with E-state index in [0.29, 0.717) is 0 Å². The van der Waals surface area contributed by atoms with Crippen molar-refractivity contribution in [3.05, 3.63) is 30.3 Å². The van der Waals surface area contributed by atoms with E-state index >= 15 is 0 Å². The van der Waals surface area contributed by atoms with E-state index in [2.05, 4.69) is 34.0 Å². The SMILES string of the molecule is O=S(=O)(Cl)Cl.Sc1ccccc1. The fourth-order valence-corrected chi connectivity index (χ4v) is 0.600. The quantitative estimate of drug-likeness (QED) is 0.563. The van der Waals surface area contributed by atoms with Gasteiger partial charge >= 0.3 is 8.26 Å². The van der Waals surface area contributed by atoms with Crippen LogP contribution in [0, 0.1) is 0 Å². The molecule has 0 saturated carbocycles. The lowest BCUT2D eigenvalue weighted by molar-refractivity contribution is 0.621. The van der Waals surface area contributed by atoms with Crippen LogP contribution in [0.1, 0.15) is 0 Å². The van der Waals surface area contributed by atoms with Crippen molar-refractivity contribution in [2.24, 2.45) is 0 Å². The van der Waals surface area contributed by atoms with Gasteiger partial charge in [0.15, 0.2) is 0 Å². The van der Waals surface area contributed by atoms with Crippen molar-refractivity contribution >= 4 is 42.3 Å². The summed E-state index contributed by atoms with van der Waals surface area (Å²) in [6.07, 6.45) is 0. The van der Waals surface area contributed by atoms with Crippen LogP contribution in [0.25, 0.3) is 0 Å². The average molecular weight is 245 g/mol. The van der Waals surface area contributed by atoms with E-state index in [1.165, 1.54) is 0 Å². The van der Waals surface area contributed by atoms with Crippen LogP contribution < -0.4 is 0 Å². The third-order valence-electron chi connectivity index (χ3n) is 0.756. The molecule has 0 aromatic heterocycles. The Morgan fingerprint density at radius 1 is 1.08 bits per heavy atom. The van der Waals surface area contributed by atoms with Crippen LogP contribution in [0.5, 0.6) is 0 Å². The lowest BCUT2D eigenvalue weighted by atomic mass is 10.4. The third kappa shape index (κ3) is 12.7. The van der Waals surface area contributed by atoms with Gasteiger partial charge in [-0.2, -0.15) is 8.42 Å². The molecule has 0 amide bonds. The van der Waals surface area contributed by atoms with Crippen molar-refractivity contribution < 1.29 is 8.42 Å². The molecule has 2 nitrogen and oxygen atoms in total. The third-order valence-corrected chi connectivity index (χ3v) is 1.05. The second kappa shape index (κ2) is 5.70. The number of hydrogen-bond donors (Lipinski definition) is 1. The normalized spacial score (nSPS) is 9.92. The van der Waals surface area contributed by atoms with Gasteiger partial charge in [0.2, 0.25) is 0 Å². The second-order valence-electron chi connectivity index (χ2n) is 1.71. The highest BCUT2D eigenvalue weighted by Gasteiger charge is 1.88. The van der Waals surface area contributed by atoms with E-state index < -0.39 is 8.26 Å². The Balaban J connectivity index is 0.000000217. The monoisotopic (exact) mass is 244 g/mol. The smallest absolute Gasteiger partial charge is 0.195 e. The summed E-state index contributed by atoms with van der Waals surface area (Å²) in [5.41, 5.74) is 0. The largest absolute Gasteiger partial charge is 0.317 e. The molecule has 0 aliphatic carbocycles. The molecule has 0 unspecified atom stereocenters. The van der Waals surface area contributed by atoms with Gasteiger partial charge in [0, 0.05) is 26.3 Å². The molecule has 0 aliphatic rings. The molecule has 68 valence electrons. The maximum atomic E-state index is 9.16. The van der Waals surface area contributed by atoms with Gasteiger partial charge in [0.05, 0.1) is 0 Å². The average Bonchev–Trinajstić information content (AvgIpc) is 1.85. The Labute approximate surface area is 85.8 Å². The van der Waals surface area contributed by atoms with Crippen molar-refractivity contribution in [2.75, 3.05) is 0 Å². The molecule has 1 rings (SSSR count). The molecule has 0 bridgehead atoms. The van der Waals surface area contributed by atoms with Crippen molar-refractivity contribution in [1.82, 2.24) is 0 Å². The van der Waals surface area contributed by atoms with Crippen molar-refractivity contribution in [3.8, 4) is 0 Å². The van der Waals surface area contributed by atoms with E-state index in [1.807, 2.05) is 30.3 Å². The fourth-order valence-electron chi connectivity index (χ4n) is 0.428. The number of hydrogen-bond acceptors (Lipinski definition) is 3. The molecule has 0 N–H and O–H groups in total. The number of thiol groups is 1. The van der Waals surface area contributed by atoms with Crippen LogP contribution in [-0.2, 0) is 8.26 Å². The summed E-state index contributed by atoms with van der Waals surface area (Å²) in [6.45, 7) is 0. The molecule has 0 saturated heterocycles. The highest BCUT2D eigenvalue weighted by molar-refractivity contribution is 8.31. The standard InChI is InChI=1S/C6H6S.Cl2O2S/c7-6-4-2-1-3-5-6;1-5(2,3)4/h1-5,7H;. The van der Waals surface area contributed by atoms with Crippen LogP contribution in [0.2, 0.25) is 0 Å². The topological polar surface area (TPSA) is 34.1 Å². The molecule has 0 heterocycles. The minimum absolute atomic E-state index is 1.02. The summed E-state index contributed by atoms with van der Waals surface area (Å²) < 4.78 is 18.3. The molecule has 1 aromatic rings. The van der Waals surface area contributed by atoms with Crippen molar-refractivity contribution in [1.29, 1.82) is 0 Å². The van der Waals surface area contributed by atoms with Gasteiger partial charge in [-0.15, -0.1) is 12.6 Å². The highest BCUT2D eigenvalue weighted by atomic mass is 36.0. The van der Waals surface area contributed by atoms with Crippen LogP contribution in [0.4, 0.5) is 0 Å². The Morgan fingerprint density at radius 3 is 1.58 bits per heavy atom. The predicted octanol–water partition coefficient (Wildman–Crippen LogP) is 2.68. The summed E-state index contributed by atoms with van der Waals surface area (Å²) in [7, 11) is 4.81. The molecule has 0 aliphatic heterocycles. The lowest BCUT2D eigenvalue weighted by Gasteiger charge is -1.81. The summed E-state index contributed by atoms with van der Waals surface area (Å²) in [5.74, 6) is 0. The second-order valence-corrected chi connectivity index (χ2v) is 5.90. The lowest BCUT2D eigenvalue weighted by Crippen LogP contribution is -1.63. The van der Waals surface area contributed by atoms with Gasteiger partial charge in [-0.3, -0.25) is 0 Å². The zero-order valence-electron chi connectivity index (χ0n) is 5.81. The molecular weight excluding hydrogens is 239 g/mol. The Kier molecular flexibility index (Phi) is 5.74. The van der Waals surface area contributed by atoms with E-state index in [4.69, 9.17) is 8.42 Å². The molecule has 0 radical (unpaired) electrons. The van der Waals surface area contributed by atoms with E-state index in [-0.39, 0.29) is 0 Å². The van der Waals surface area contributed by atoms with Gasteiger partial charge in [0.1, 0.15) is 0 Å². The Hall–Kier alpha value is 0.1000. The van der Waals surface area contributed by atoms with E-state index in [1.54, 1.807) is 0 Å². The van der Waals surface area contributed by atoms with Gasteiger partial charge < -0.3 is 0 Å². The first-order valence-corrected chi connectivity index (χ1v) is 6.36. The van der Waals surface area contributed by atoms with Crippen LogP contribution in [0.15, 0.2) is 35.2 Å². The molecular formula is C6H6Cl2O2S2. The molecule has 0 spiro atoms. The summed E-state index contributed by atoms with van der Waals surface area (Å²) in [5, 5.41) is 0. The van der Waals surface area contributed by atoms with E-state index in [0.717, 1.165) is 4.90 Å². The van der Waals surface area contributed by atoms with Gasteiger partial charge in [-0.25, -0.2) is 0 Å². The van der Waals surface area contributed by atoms with Crippen LogP contribution >= 0.6 is 34.0 Å². The van der Waals surface area contributed by atoms with E-state index in [9.17, 15) is 0 Å². The zero-order chi connectivity index (χ0) is 9.61. The maximum Gasteiger partial charge on any atom is 0.317 e. The van der Waals surface area contributed by atoms with Gasteiger partial charge in [0.25, 0.3) is 0 Å². The Bertz CT molecular complexity index is 302. The van der Waals surface area contributed by atoms with Crippen LogP contribution in [0.3, 0.4) is 0 Å². The molecule has 1 aromatic carbocycles. The molecule has 0 fully saturated rings. The van der Waals surface area contributed by atoms with Crippen LogP contribution in [-0.4, -0.2) is 8.42 Å². The Morgan fingerprint density at radius 2 is 1.42 bits per heavy atom. The van der Waals surface area contributed by atoms with Gasteiger partial charge in [-0.05, 0) is 12.1 Å². The zero-order valence-corrected chi connectivity index (χ0v) is 9.04. The number of benzene rings is 1. The molecule has 0 atom stereocenters. The van der Waals surface area contributed by atoms with Gasteiger partial charge in [-0.1, -0.05) is 18.2 Å². The molecule has 12 heavy (non-hydrogen) atoms. The molecule has 6 heteroatoms. The first kappa shape index (κ1) is 12.1. The first-order chi connectivity index (χ1) is 5.39. The highest BCUT2D eigenvalue weighted by Crippen LogP contribution is 2.00. The minimum atomic E-state index is -3.72. The summed E-state index contributed by atoms with van der Waals surface area (Å²) >= 11 is 4.08. The van der Waals surface area contributed by atoms with Crippen molar-refractivity contribution in [3.63, 3.8) is 0 Å². The maximum absolute atomic E-state index is 9.16.